The molecule has 1 N–H and O–H groups in total. The Kier molecular flexibility index (Phi) is 5.48. The van der Waals surface area contributed by atoms with Crippen molar-refractivity contribution in [1.82, 2.24) is 15.2 Å². The fraction of sp³-hybridized carbons (Fsp3) is 0.350. The molecule has 7 heteroatoms. The molecule has 5 nitrogen and oxygen atoms in total. The van der Waals surface area contributed by atoms with E-state index >= 15 is 0 Å². The fourth-order valence-electron chi connectivity index (χ4n) is 3.07. The van der Waals surface area contributed by atoms with Gasteiger partial charge < -0.3 is 10.2 Å². The van der Waals surface area contributed by atoms with Crippen molar-refractivity contribution in [3.63, 3.8) is 0 Å². The molecule has 2 amide bonds. The van der Waals surface area contributed by atoms with E-state index < -0.39 is 5.92 Å². The Labute approximate surface area is 156 Å². The fourth-order valence-corrected chi connectivity index (χ4v) is 3.07. The molecule has 142 valence electrons. The maximum Gasteiger partial charge on any atom is 0.273 e. The molecule has 2 heterocycles. The molecule has 0 aliphatic carbocycles. The second-order valence-corrected chi connectivity index (χ2v) is 6.66. The minimum Gasteiger partial charge on any atom is -0.352 e. The van der Waals surface area contributed by atoms with E-state index in [2.05, 4.69) is 10.3 Å². The summed E-state index contributed by atoms with van der Waals surface area (Å²) in [6, 6.07) is 11.0. The number of nitrogens with one attached hydrogen (secondary N) is 1. The average Bonchev–Trinajstić information content (AvgIpc) is 2.66. The lowest BCUT2D eigenvalue weighted by molar-refractivity contribution is -0.119. The van der Waals surface area contributed by atoms with Crippen molar-refractivity contribution < 1.29 is 18.4 Å². The van der Waals surface area contributed by atoms with Crippen LogP contribution in [0.4, 0.5) is 8.78 Å². The standard InChI is InChI=1S/C20H21F2N3O2/c1-14(26)24-13-15-4-2-5-16(12-15)17-6-3-9-23-18(17)19(27)25-10-7-20(21,22)8-11-25/h2-6,9,12H,7-8,10-11,13H2,1H3,(H,24,26). The topological polar surface area (TPSA) is 62.3 Å². The predicted molar refractivity (Wildman–Crippen MR) is 97.3 cm³/mol. The number of alkyl halides is 2. The second-order valence-electron chi connectivity index (χ2n) is 6.66. The SMILES string of the molecule is CC(=O)NCc1cccc(-c2cccnc2C(=O)N2CCC(F)(F)CC2)c1. The van der Waals surface area contributed by atoms with Gasteiger partial charge >= 0.3 is 0 Å². The number of piperidine rings is 1. The van der Waals surface area contributed by atoms with E-state index in [4.69, 9.17) is 0 Å². The predicted octanol–water partition coefficient (Wildman–Crippen LogP) is 3.26. The summed E-state index contributed by atoms with van der Waals surface area (Å²) in [5.41, 5.74) is 2.57. The quantitative estimate of drug-likeness (QED) is 0.895. The summed E-state index contributed by atoms with van der Waals surface area (Å²) in [6.45, 7) is 1.87. The lowest BCUT2D eigenvalue weighted by Gasteiger charge is -2.31. The van der Waals surface area contributed by atoms with Gasteiger partial charge in [0.15, 0.2) is 0 Å². The Morgan fingerprint density at radius 3 is 2.63 bits per heavy atom. The highest BCUT2D eigenvalue weighted by molar-refractivity contribution is 5.99. The lowest BCUT2D eigenvalue weighted by atomic mass is 10.00. The van der Waals surface area contributed by atoms with Crippen LogP contribution in [0.5, 0.6) is 0 Å². The van der Waals surface area contributed by atoms with E-state index in [0.717, 1.165) is 11.1 Å². The highest BCUT2D eigenvalue weighted by Gasteiger charge is 2.36. The van der Waals surface area contributed by atoms with Crippen molar-refractivity contribution in [2.24, 2.45) is 0 Å². The first kappa shape index (κ1) is 18.9. The Balaban J connectivity index is 1.85. The number of pyridine rings is 1. The van der Waals surface area contributed by atoms with Gasteiger partial charge in [-0.15, -0.1) is 0 Å². The molecule has 0 spiro atoms. The van der Waals surface area contributed by atoms with Gasteiger partial charge in [-0.25, -0.2) is 8.78 Å². The van der Waals surface area contributed by atoms with Gasteiger partial charge in [-0.2, -0.15) is 0 Å². The van der Waals surface area contributed by atoms with Crippen molar-refractivity contribution in [3.8, 4) is 11.1 Å². The van der Waals surface area contributed by atoms with Crippen LogP contribution < -0.4 is 5.32 Å². The van der Waals surface area contributed by atoms with Crippen LogP contribution in [-0.4, -0.2) is 40.7 Å². The van der Waals surface area contributed by atoms with Crippen molar-refractivity contribution in [3.05, 3.63) is 53.9 Å². The monoisotopic (exact) mass is 373 g/mol. The van der Waals surface area contributed by atoms with E-state index in [1.54, 1.807) is 12.1 Å². The summed E-state index contributed by atoms with van der Waals surface area (Å²) < 4.78 is 26.8. The van der Waals surface area contributed by atoms with Gasteiger partial charge in [-0.1, -0.05) is 24.3 Å². The maximum absolute atomic E-state index is 13.4. The highest BCUT2D eigenvalue weighted by Crippen LogP contribution is 2.30. The largest absolute Gasteiger partial charge is 0.352 e. The molecule has 0 radical (unpaired) electrons. The molecule has 1 aliphatic rings. The zero-order valence-electron chi connectivity index (χ0n) is 15.0. The normalized spacial score (nSPS) is 16.0. The molecular formula is C20H21F2N3O2. The summed E-state index contributed by atoms with van der Waals surface area (Å²) in [7, 11) is 0. The van der Waals surface area contributed by atoms with E-state index in [1.165, 1.54) is 18.0 Å². The molecule has 27 heavy (non-hydrogen) atoms. The van der Waals surface area contributed by atoms with Gasteiger partial charge in [0.2, 0.25) is 5.91 Å². The van der Waals surface area contributed by atoms with Gasteiger partial charge in [-0.3, -0.25) is 14.6 Å². The van der Waals surface area contributed by atoms with Crippen LogP contribution in [0, 0.1) is 0 Å². The van der Waals surface area contributed by atoms with Gasteiger partial charge in [0, 0.05) is 51.2 Å². The highest BCUT2D eigenvalue weighted by atomic mass is 19.3. The number of nitrogens with zero attached hydrogens (tertiary/aromatic N) is 2. The van der Waals surface area contributed by atoms with Gasteiger partial charge in [-0.05, 0) is 23.3 Å². The molecule has 2 aromatic rings. The molecule has 1 fully saturated rings. The van der Waals surface area contributed by atoms with E-state index in [9.17, 15) is 18.4 Å². The Morgan fingerprint density at radius 2 is 1.93 bits per heavy atom. The van der Waals surface area contributed by atoms with Crippen molar-refractivity contribution >= 4 is 11.8 Å². The minimum atomic E-state index is -2.71. The van der Waals surface area contributed by atoms with E-state index in [1.807, 2.05) is 24.3 Å². The van der Waals surface area contributed by atoms with Crippen LogP contribution in [0.2, 0.25) is 0 Å². The molecule has 3 rings (SSSR count). The molecular weight excluding hydrogens is 352 g/mol. The Morgan fingerprint density at radius 1 is 1.19 bits per heavy atom. The van der Waals surface area contributed by atoms with Crippen LogP contribution in [0.25, 0.3) is 11.1 Å². The number of carbonyl (C=O) groups excluding carboxylic acids is 2. The number of likely N-dealkylation sites (tertiary alicyclic amines) is 1. The van der Waals surface area contributed by atoms with Gasteiger partial charge in [0.25, 0.3) is 11.8 Å². The van der Waals surface area contributed by atoms with Crippen LogP contribution in [0.15, 0.2) is 42.6 Å². The summed E-state index contributed by atoms with van der Waals surface area (Å²) in [4.78, 5) is 29.6. The third-order valence-electron chi connectivity index (χ3n) is 4.57. The molecule has 0 atom stereocenters. The number of carbonyl (C=O) groups is 2. The summed E-state index contributed by atoms with van der Waals surface area (Å²) in [5, 5.41) is 2.74. The molecule has 1 aromatic heterocycles. The number of hydrogen-bond acceptors (Lipinski definition) is 3. The molecule has 1 aliphatic heterocycles. The number of halogens is 2. The average molecular weight is 373 g/mol. The number of rotatable bonds is 4. The zero-order chi connectivity index (χ0) is 19.4. The van der Waals surface area contributed by atoms with Crippen molar-refractivity contribution in [2.45, 2.75) is 32.2 Å². The Hall–Kier alpha value is -2.83. The molecule has 1 aromatic carbocycles. The Bertz CT molecular complexity index is 845. The first-order valence-electron chi connectivity index (χ1n) is 8.82. The van der Waals surface area contributed by atoms with Crippen LogP contribution in [-0.2, 0) is 11.3 Å². The second kappa shape index (κ2) is 7.82. The minimum absolute atomic E-state index is 0.0183. The van der Waals surface area contributed by atoms with E-state index in [0.29, 0.717) is 12.1 Å². The van der Waals surface area contributed by atoms with Gasteiger partial charge in [0.05, 0.1) is 0 Å². The van der Waals surface area contributed by atoms with Gasteiger partial charge in [0.1, 0.15) is 5.69 Å². The molecule has 0 saturated carbocycles. The van der Waals surface area contributed by atoms with Crippen LogP contribution in [0.3, 0.4) is 0 Å². The van der Waals surface area contributed by atoms with Crippen LogP contribution in [0.1, 0.15) is 35.8 Å². The third-order valence-corrected chi connectivity index (χ3v) is 4.57. The summed E-state index contributed by atoms with van der Waals surface area (Å²) in [6.07, 6.45) is 0.872. The number of benzene rings is 1. The first-order chi connectivity index (χ1) is 12.9. The van der Waals surface area contributed by atoms with Crippen molar-refractivity contribution in [1.29, 1.82) is 0 Å². The van der Waals surface area contributed by atoms with Crippen molar-refractivity contribution in [2.75, 3.05) is 13.1 Å². The number of amides is 2. The first-order valence-corrected chi connectivity index (χ1v) is 8.82. The summed E-state index contributed by atoms with van der Waals surface area (Å²) >= 11 is 0. The third kappa shape index (κ3) is 4.67. The summed E-state index contributed by atoms with van der Waals surface area (Å²) in [5.74, 6) is -3.17. The lowest BCUT2D eigenvalue weighted by Crippen LogP contribution is -2.43. The molecule has 0 bridgehead atoms. The number of hydrogen-bond donors (Lipinski definition) is 1. The van der Waals surface area contributed by atoms with Crippen LogP contribution >= 0.6 is 0 Å². The van der Waals surface area contributed by atoms with E-state index in [-0.39, 0.29) is 43.4 Å². The zero-order valence-corrected chi connectivity index (χ0v) is 15.0. The number of aromatic nitrogens is 1. The smallest absolute Gasteiger partial charge is 0.273 e. The molecule has 0 unspecified atom stereocenters. The maximum atomic E-state index is 13.4. The molecule has 1 saturated heterocycles.